The van der Waals surface area contributed by atoms with Gasteiger partial charge in [-0.25, -0.2) is 4.39 Å². The molecule has 1 amide bonds. The number of aliphatic carboxylic acids is 1. The van der Waals surface area contributed by atoms with Crippen LogP contribution in [0.2, 0.25) is 0 Å². The molecule has 2 atom stereocenters. The van der Waals surface area contributed by atoms with Crippen molar-refractivity contribution >= 4 is 17.6 Å². The number of rotatable bonds is 6. The summed E-state index contributed by atoms with van der Waals surface area (Å²) in [6.07, 6.45) is -3.60. The molecule has 3 saturated heterocycles. The van der Waals surface area contributed by atoms with Crippen molar-refractivity contribution < 1.29 is 37.0 Å². The summed E-state index contributed by atoms with van der Waals surface area (Å²) in [5.74, 6) is -2.32. The Kier molecular flexibility index (Phi) is 8.17. The average Bonchev–Trinajstić information content (AvgIpc) is 3.30. The third-order valence-electron chi connectivity index (χ3n) is 9.35. The number of carbonyl (C=O) groups is 2. The number of amides is 1. The van der Waals surface area contributed by atoms with Gasteiger partial charge in [0.05, 0.1) is 18.6 Å². The van der Waals surface area contributed by atoms with Crippen molar-refractivity contribution in [1.29, 1.82) is 0 Å². The van der Waals surface area contributed by atoms with Crippen molar-refractivity contribution in [2.75, 3.05) is 51.3 Å². The van der Waals surface area contributed by atoms with E-state index in [2.05, 4.69) is 0 Å². The highest BCUT2D eigenvalue weighted by Gasteiger charge is 2.57. The van der Waals surface area contributed by atoms with E-state index in [0.29, 0.717) is 36.4 Å². The third-order valence-corrected chi connectivity index (χ3v) is 9.35. The van der Waals surface area contributed by atoms with Gasteiger partial charge in [0.25, 0.3) is 5.91 Å². The SMILES string of the molecule is COc1ccc([C@@H]2CN(C(C)(C)C)C[C@@]2(F)C(=O)N2CCC(c3ccc(C(F)(F)F)cc3N3CC(C(=O)O)C3)CC2)cc1. The summed E-state index contributed by atoms with van der Waals surface area (Å²) in [5.41, 5.74) is -1.46. The minimum Gasteiger partial charge on any atom is -0.497 e. The third kappa shape index (κ3) is 6.05. The molecule has 2 aromatic rings. The Morgan fingerprint density at radius 2 is 1.60 bits per heavy atom. The topological polar surface area (TPSA) is 73.3 Å². The molecule has 3 fully saturated rings. The predicted molar refractivity (Wildman–Crippen MR) is 154 cm³/mol. The molecule has 43 heavy (non-hydrogen) atoms. The number of likely N-dealkylation sites (tertiary alicyclic amines) is 2. The fourth-order valence-electron chi connectivity index (χ4n) is 6.58. The van der Waals surface area contributed by atoms with Gasteiger partial charge in [0.15, 0.2) is 0 Å². The first-order valence-electron chi connectivity index (χ1n) is 14.7. The zero-order chi connectivity index (χ0) is 31.3. The summed E-state index contributed by atoms with van der Waals surface area (Å²) in [6, 6.07) is 10.8. The van der Waals surface area contributed by atoms with E-state index in [4.69, 9.17) is 4.74 Å². The van der Waals surface area contributed by atoms with Crippen LogP contribution in [-0.2, 0) is 15.8 Å². The van der Waals surface area contributed by atoms with Crippen molar-refractivity contribution in [2.24, 2.45) is 5.92 Å². The number of carboxylic acids is 1. The van der Waals surface area contributed by atoms with Gasteiger partial charge in [0.2, 0.25) is 5.67 Å². The van der Waals surface area contributed by atoms with Gasteiger partial charge in [-0.3, -0.25) is 14.5 Å². The quantitative estimate of drug-likeness (QED) is 0.436. The molecule has 3 aliphatic heterocycles. The number of ether oxygens (including phenoxy) is 1. The Morgan fingerprint density at radius 1 is 0.977 bits per heavy atom. The highest BCUT2D eigenvalue weighted by molar-refractivity contribution is 5.87. The van der Waals surface area contributed by atoms with Gasteiger partial charge >= 0.3 is 12.1 Å². The second-order valence-electron chi connectivity index (χ2n) is 13.0. The van der Waals surface area contributed by atoms with Crippen LogP contribution in [0.5, 0.6) is 5.75 Å². The van der Waals surface area contributed by atoms with Gasteiger partial charge in [-0.1, -0.05) is 18.2 Å². The van der Waals surface area contributed by atoms with Crippen LogP contribution < -0.4 is 9.64 Å². The summed E-state index contributed by atoms with van der Waals surface area (Å²) in [7, 11) is 1.56. The number of halogens is 4. The highest BCUT2D eigenvalue weighted by atomic mass is 19.4. The van der Waals surface area contributed by atoms with Crippen LogP contribution in [-0.4, -0.2) is 84.4 Å². The molecule has 1 N–H and O–H groups in total. The Morgan fingerprint density at radius 3 is 2.14 bits per heavy atom. The number of piperidine rings is 1. The molecule has 0 unspecified atom stereocenters. The number of alkyl halides is 4. The molecule has 0 radical (unpaired) electrons. The van der Waals surface area contributed by atoms with E-state index in [1.165, 1.54) is 6.07 Å². The monoisotopic (exact) mass is 605 g/mol. The molecule has 5 rings (SSSR count). The first kappa shape index (κ1) is 31.1. The summed E-state index contributed by atoms with van der Waals surface area (Å²) in [6.45, 7) is 7.18. The minimum atomic E-state index is -4.53. The van der Waals surface area contributed by atoms with Crippen LogP contribution in [0.25, 0.3) is 0 Å². The van der Waals surface area contributed by atoms with E-state index in [9.17, 15) is 27.9 Å². The van der Waals surface area contributed by atoms with Gasteiger partial charge in [-0.15, -0.1) is 0 Å². The molecule has 0 aromatic heterocycles. The first-order valence-corrected chi connectivity index (χ1v) is 14.7. The molecule has 3 aliphatic rings. The Labute approximate surface area is 249 Å². The van der Waals surface area contributed by atoms with Crippen molar-refractivity contribution in [3.63, 3.8) is 0 Å². The molecule has 7 nitrogen and oxygen atoms in total. The van der Waals surface area contributed by atoms with E-state index in [0.717, 1.165) is 17.7 Å². The van der Waals surface area contributed by atoms with E-state index >= 15 is 4.39 Å². The molecule has 3 heterocycles. The Bertz CT molecular complexity index is 1350. The van der Waals surface area contributed by atoms with Gasteiger partial charge in [0, 0.05) is 56.4 Å². The van der Waals surface area contributed by atoms with Crippen LogP contribution in [0, 0.1) is 5.92 Å². The molecule has 2 aromatic carbocycles. The maximum absolute atomic E-state index is 17.1. The lowest BCUT2D eigenvalue weighted by Crippen LogP contribution is -2.53. The Balaban J connectivity index is 1.35. The van der Waals surface area contributed by atoms with Crippen LogP contribution in [0.1, 0.15) is 62.1 Å². The smallest absolute Gasteiger partial charge is 0.416 e. The van der Waals surface area contributed by atoms with Gasteiger partial charge in [-0.05, 0) is 74.9 Å². The summed E-state index contributed by atoms with van der Waals surface area (Å²) >= 11 is 0. The lowest BCUT2D eigenvalue weighted by Gasteiger charge is -2.42. The van der Waals surface area contributed by atoms with Crippen LogP contribution in [0.3, 0.4) is 0 Å². The normalized spacial score (nSPS) is 24.2. The van der Waals surface area contributed by atoms with Crippen molar-refractivity contribution in [3.05, 3.63) is 59.2 Å². The summed E-state index contributed by atoms with van der Waals surface area (Å²) in [4.78, 5) is 30.5. The minimum absolute atomic E-state index is 0.0330. The van der Waals surface area contributed by atoms with Gasteiger partial charge < -0.3 is 19.6 Å². The van der Waals surface area contributed by atoms with E-state index in [1.807, 2.05) is 25.7 Å². The average molecular weight is 606 g/mol. The molecular formula is C32H39F4N3O4. The van der Waals surface area contributed by atoms with Gasteiger partial charge in [-0.2, -0.15) is 13.2 Å². The molecule has 0 spiro atoms. The van der Waals surface area contributed by atoms with Crippen molar-refractivity contribution in [2.45, 2.75) is 62.8 Å². The lowest BCUT2D eigenvalue weighted by atomic mass is 9.83. The van der Waals surface area contributed by atoms with E-state index in [-0.39, 0.29) is 44.2 Å². The number of benzene rings is 2. The second kappa shape index (κ2) is 11.3. The number of carbonyl (C=O) groups excluding carboxylic acids is 1. The molecule has 0 bridgehead atoms. The molecular weight excluding hydrogens is 566 g/mol. The zero-order valence-electron chi connectivity index (χ0n) is 25.0. The number of carboxylic acid groups (broad SMARTS) is 1. The van der Waals surface area contributed by atoms with Crippen LogP contribution >= 0.6 is 0 Å². The fraction of sp³-hybridized carbons (Fsp3) is 0.562. The maximum Gasteiger partial charge on any atom is 0.416 e. The number of nitrogens with zero attached hydrogens (tertiary/aromatic N) is 3. The number of hydrogen-bond acceptors (Lipinski definition) is 5. The first-order chi connectivity index (χ1) is 20.1. The molecule has 0 aliphatic carbocycles. The highest BCUT2D eigenvalue weighted by Crippen LogP contribution is 2.45. The van der Waals surface area contributed by atoms with E-state index < -0.39 is 41.1 Å². The largest absolute Gasteiger partial charge is 0.497 e. The Hall–Kier alpha value is -3.34. The van der Waals surface area contributed by atoms with Gasteiger partial charge in [0.1, 0.15) is 5.75 Å². The fourth-order valence-corrected chi connectivity index (χ4v) is 6.58. The molecule has 234 valence electrons. The maximum atomic E-state index is 17.1. The van der Waals surface area contributed by atoms with Crippen molar-refractivity contribution in [1.82, 2.24) is 9.80 Å². The second-order valence-corrected chi connectivity index (χ2v) is 13.0. The lowest BCUT2D eigenvalue weighted by molar-refractivity contribution is -0.145. The zero-order valence-corrected chi connectivity index (χ0v) is 25.0. The number of methoxy groups -OCH3 is 1. The molecule has 11 heteroatoms. The van der Waals surface area contributed by atoms with Crippen LogP contribution in [0.15, 0.2) is 42.5 Å². The number of hydrogen-bond donors (Lipinski definition) is 1. The van der Waals surface area contributed by atoms with Crippen molar-refractivity contribution in [3.8, 4) is 5.75 Å². The van der Waals surface area contributed by atoms with E-state index in [1.54, 1.807) is 41.2 Å². The molecule has 0 saturated carbocycles. The number of anilines is 1. The predicted octanol–water partition coefficient (Wildman–Crippen LogP) is 5.55. The standard InChI is InChI=1S/C32H39F4N3O4/c1-30(2,3)39-18-26(21-5-8-24(43-4)9-6-21)31(33,19-39)29(42)37-13-11-20(12-14-37)25-10-7-23(32(34,35)36)15-27(25)38-16-22(17-38)28(40)41/h5-10,15,20,22,26H,11-14,16-19H2,1-4H3,(H,40,41)/t26-,31-/m0/s1. The van der Waals surface area contributed by atoms with Crippen LogP contribution in [0.4, 0.5) is 23.2 Å². The summed E-state index contributed by atoms with van der Waals surface area (Å²) in [5, 5.41) is 9.28. The summed E-state index contributed by atoms with van der Waals surface area (Å²) < 4.78 is 63.0.